The van der Waals surface area contributed by atoms with Gasteiger partial charge in [0.25, 0.3) is 11.7 Å². The van der Waals surface area contributed by atoms with Gasteiger partial charge in [0.15, 0.2) is 0 Å². The highest BCUT2D eigenvalue weighted by atomic mass is 16.5. The van der Waals surface area contributed by atoms with Crippen molar-refractivity contribution >= 4 is 17.4 Å². The van der Waals surface area contributed by atoms with E-state index in [1.807, 2.05) is 61.5 Å². The molecule has 5 rings (SSSR count). The van der Waals surface area contributed by atoms with Crippen molar-refractivity contribution in [3.63, 3.8) is 0 Å². The summed E-state index contributed by atoms with van der Waals surface area (Å²) >= 11 is 0. The van der Waals surface area contributed by atoms with Gasteiger partial charge < -0.3 is 24.2 Å². The molecule has 8 heteroatoms. The Morgan fingerprint density at radius 3 is 2.33 bits per heavy atom. The van der Waals surface area contributed by atoms with Crippen LogP contribution in [0.4, 0.5) is 0 Å². The van der Waals surface area contributed by atoms with Gasteiger partial charge in [0.2, 0.25) is 0 Å². The second-order valence-electron chi connectivity index (χ2n) is 9.97. The molecular weight excluding hydrogens is 508 g/mol. The molecule has 0 saturated carbocycles. The number of carbonyl (C=O) groups is 2. The van der Waals surface area contributed by atoms with Gasteiger partial charge in [-0.3, -0.25) is 14.5 Å². The minimum absolute atomic E-state index is 0.0817. The molecular formula is C32H34N2O6. The molecule has 208 valence electrons. The number of ether oxygens (including phenoxy) is 3. The summed E-state index contributed by atoms with van der Waals surface area (Å²) in [7, 11) is 1.57. The Balaban J connectivity index is 1.47. The Morgan fingerprint density at radius 2 is 1.65 bits per heavy atom. The number of aliphatic hydroxyl groups excluding tert-OH is 1. The van der Waals surface area contributed by atoms with Crippen molar-refractivity contribution in [3.05, 3.63) is 101 Å². The summed E-state index contributed by atoms with van der Waals surface area (Å²) in [6.07, 6.45) is 0. The van der Waals surface area contributed by atoms with Gasteiger partial charge in [-0.15, -0.1) is 0 Å². The Morgan fingerprint density at radius 1 is 0.950 bits per heavy atom. The first-order chi connectivity index (χ1) is 19.5. The van der Waals surface area contributed by atoms with Crippen LogP contribution in [-0.2, 0) is 20.9 Å². The van der Waals surface area contributed by atoms with Gasteiger partial charge in [0, 0.05) is 31.7 Å². The molecule has 2 aliphatic rings. The van der Waals surface area contributed by atoms with E-state index in [1.165, 1.54) is 0 Å². The van der Waals surface area contributed by atoms with E-state index in [0.29, 0.717) is 50.0 Å². The summed E-state index contributed by atoms with van der Waals surface area (Å²) in [5, 5.41) is 11.5. The maximum atomic E-state index is 13.4. The van der Waals surface area contributed by atoms with Crippen molar-refractivity contribution < 1.29 is 28.9 Å². The molecule has 2 saturated heterocycles. The van der Waals surface area contributed by atoms with E-state index < -0.39 is 17.7 Å². The summed E-state index contributed by atoms with van der Waals surface area (Å²) in [4.78, 5) is 30.6. The van der Waals surface area contributed by atoms with E-state index >= 15 is 0 Å². The van der Waals surface area contributed by atoms with Crippen molar-refractivity contribution in [2.24, 2.45) is 0 Å². The van der Waals surface area contributed by atoms with Crippen molar-refractivity contribution in [3.8, 4) is 11.5 Å². The summed E-state index contributed by atoms with van der Waals surface area (Å²) in [5.74, 6) is -0.187. The Bertz CT molecular complexity index is 1380. The maximum absolute atomic E-state index is 13.4. The molecule has 0 aromatic heterocycles. The molecule has 3 aromatic carbocycles. The summed E-state index contributed by atoms with van der Waals surface area (Å²) in [6, 6.07) is 21.8. The number of aryl methyl sites for hydroxylation is 1. The molecule has 1 unspecified atom stereocenters. The number of nitrogens with zero attached hydrogens (tertiary/aromatic N) is 2. The third-order valence-electron chi connectivity index (χ3n) is 7.43. The molecule has 8 nitrogen and oxygen atoms in total. The van der Waals surface area contributed by atoms with Gasteiger partial charge >= 0.3 is 0 Å². The van der Waals surface area contributed by atoms with E-state index in [2.05, 4.69) is 4.90 Å². The number of rotatable bonds is 9. The van der Waals surface area contributed by atoms with Crippen molar-refractivity contribution in [2.45, 2.75) is 19.6 Å². The lowest BCUT2D eigenvalue weighted by Crippen LogP contribution is -2.42. The highest BCUT2D eigenvalue weighted by Gasteiger charge is 2.46. The summed E-state index contributed by atoms with van der Waals surface area (Å²) in [6.45, 7) is 6.04. The number of amides is 1. The highest BCUT2D eigenvalue weighted by Crippen LogP contribution is 2.40. The minimum Gasteiger partial charge on any atom is -0.507 e. The lowest BCUT2D eigenvalue weighted by atomic mass is 9.94. The molecule has 0 aliphatic carbocycles. The standard InChI is InChI=1S/C32H34N2O6/c1-22-20-26(38-2)12-13-27(22)30(35)28-29(34(32(37)31(28)36)15-14-33-16-18-39-19-17-33)24-8-10-25(11-9-24)40-21-23-6-4-3-5-7-23/h3-13,20,29,35H,14-19,21H2,1-2H3/b30-28+. The molecule has 1 atom stereocenters. The van der Waals surface area contributed by atoms with E-state index in [1.54, 1.807) is 30.2 Å². The number of ketones is 1. The molecule has 2 fully saturated rings. The van der Waals surface area contributed by atoms with Gasteiger partial charge in [-0.05, 0) is 53.9 Å². The predicted octanol–water partition coefficient (Wildman–Crippen LogP) is 4.34. The fourth-order valence-corrected chi connectivity index (χ4v) is 5.19. The number of carbonyl (C=O) groups excluding carboxylic acids is 2. The average Bonchev–Trinajstić information content (AvgIpc) is 3.25. The number of methoxy groups -OCH3 is 1. The number of likely N-dealkylation sites (tertiary alicyclic amines) is 1. The van der Waals surface area contributed by atoms with Crippen LogP contribution in [0, 0.1) is 6.92 Å². The molecule has 0 spiro atoms. The van der Waals surface area contributed by atoms with E-state index in [9.17, 15) is 14.7 Å². The molecule has 1 amide bonds. The number of benzene rings is 3. The highest BCUT2D eigenvalue weighted by molar-refractivity contribution is 6.46. The third-order valence-corrected chi connectivity index (χ3v) is 7.43. The van der Waals surface area contributed by atoms with Crippen LogP contribution in [-0.4, -0.2) is 73.1 Å². The molecule has 3 aromatic rings. The van der Waals surface area contributed by atoms with Crippen LogP contribution < -0.4 is 9.47 Å². The van der Waals surface area contributed by atoms with Crippen LogP contribution >= 0.6 is 0 Å². The molecule has 0 bridgehead atoms. The third kappa shape index (κ3) is 5.88. The van der Waals surface area contributed by atoms with Crippen molar-refractivity contribution in [2.75, 3.05) is 46.5 Å². The molecule has 40 heavy (non-hydrogen) atoms. The first-order valence-corrected chi connectivity index (χ1v) is 13.5. The molecule has 1 N–H and O–H groups in total. The largest absolute Gasteiger partial charge is 0.507 e. The Hall–Kier alpha value is -4.14. The van der Waals surface area contributed by atoms with Crippen LogP contribution in [0.1, 0.15) is 28.3 Å². The molecule has 2 aliphatic heterocycles. The topological polar surface area (TPSA) is 88.5 Å². The number of morpholine rings is 1. The van der Waals surface area contributed by atoms with Crippen molar-refractivity contribution in [1.82, 2.24) is 9.80 Å². The summed E-state index contributed by atoms with van der Waals surface area (Å²) in [5.41, 5.74) is 3.08. The molecule has 2 heterocycles. The monoisotopic (exact) mass is 542 g/mol. The lowest BCUT2D eigenvalue weighted by Gasteiger charge is -2.31. The zero-order chi connectivity index (χ0) is 28.1. The average molecular weight is 543 g/mol. The van der Waals surface area contributed by atoms with E-state index in [4.69, 9.17) is 14.2 Å². The minimum atomic E-state index is -0.731. The van der Waals surface area contributed by atoms with Crippen LogP contribution in [0.5, 0.6) is 11.5 Å². The van der Waals surface area contributed by atoms with Gasteiger partial charge in [0.05, 0.1) is 31.9 Å². The zero-order valence-corrected chi connectivity index (χ0v) is 22.8. The number of aliphatic hydroxyl groups is 1. The SMILES string of the molecule is COc1ccc(/C(O)=C2\C(=O)C(=O)N(CCN3CCOCC3)C2c2ccc(OCc3ccccc3)cc2)c(C)c1. The maximum Gasteiger partial charge on any atom is 0.295 e. The van der Waals surface area contributed by atoms with Crippen LogP contribution in [0.3, 0.4) is 0 Å². The number of Topliss-reactive ketones (excluding diaryl/α,β-unsaturated/α-hetero) is 1. The van der Waals surface area contributed by atoms with E-state index in [-0.39, 0.29) is 11.3 Å². The molecule has 0 radical (unpaired) electrons. The second-order valence-corrected chi connectivity index (χ2v) is 9.97. The smallest absolute Gasteiger partial charge is 0.295 e. The summed E-state index contributed by atoms with van der Waals surface area (Å²) < 4.78 is 16.7. The van der Waals surface area contributed by atoms with Gasteiger partial charge in [-0.1, -0.05) is 42.5 Å². The van der Waals surface area contributed by atoms with Gasteiger partial charge in [-0.25, -0.2) is 0 Å². The van der Waals surface area contributed by atoms with E-state index in [0.717, 1.165) is 29.8 Å². The first-order valence-electron chi connectivity index (χ1n) is 13.5. The second kappa shape index (κ2) is 12.4. The number of hydrogen-bond donors (Lipinski definition) is 1. The number of hydrogen-bond acceptors (Lipinski definition) is 7. The first kappa shape index (κ1) is 27.4. The van der Waals surface area contributed by atoms with Gasteiger partial charge in [0.1, 0.15) is 23.9 Å². The van der Waals surface area contributed by atoms with Crippen molar-refractivity contribution in [1.29, 1.82) is 0 Å². The Labute approximate surface area is 234 Å². The fourth-order valence-electron chi connectivity index (χ4n) is 5.19. The van der Waals surface area contributed by atoms with Crippen LogP contribution in [0.25, 0.3) is 5.76 Å². The zero-order valence-electron chi connectivity index (χ0n) is 22.8. The van der Waals surface area contributed by atoms with Crippen LogP contribution in [0.2, 0.25) is 0 Å². The predicted molar refractivity (Wildman–Crippen MR) is 151 cm³/mol. The Kier molecular flexibility index (Phi) is 8.48. The van der Waals surface area contributed by atoms with Crippen LogP contribution in [0.15, 0.2) is 78.4 Å². The normalized spacial score (nSPS) is 19.1. The van der Waals surface area contributed by atoms with Gasteiger partial charge in [-0.2, -0.15) is 0 Å². The lowest BCUT2D eigenvalue weighted by molar-refractivity contribution is -0.140. The quantitative estimate of drug-likeness (QED) is 0.245. The fraction of sp³-hybridized carbons (Fsp3) is 0.312.